The average molecular weight is 521 g/mol. The molecule has 0 spiro atoms. The van der Waals surface area contributed by atoms with Crippen molar-refractivity contribution in [3.63, 3.8) is 0 Å². The third-order valence-corrected chi connectivity index (χ3v) is 6.43. The second kappa shape index (κ2) is 12.9. The highest BCUT2D eigenvalue weighted by Crippen LogP contribution is 2.24. The summed E-state index contributed by atoms with van der Waals surface area (Å²) in [6.45, 7) is 8.56. The standard InChI is InChI=1S/C28H36N6O4/c1-20-5-6-21(2)24(19-20)33-13-15-34(16-14-33)27-30-26(29-3)31-28(32-27)38-18-4-17-37-23-10-7-22(8-11-23)9-12-25(35)36/h5-8,10-11,19H,4,9,12-18H2,1-3H3,(H,35,36)(H,29,30,31,32). The molecule has 3 aromatic rings. The molecule has 38 heavy (non-hydrogen) atoms. The minimum atomic E-state index is -0.798. The van der Waals surface area contributed by atoms with Crippen LogP contribution in [0.5, 0.6) is 11.8 Å². The van der Waals surface area contributed by atoms with E-state index in [1.165, 1.54) is 16.8 Å². The van der Waals surface area contributed by atoms with Crippen molar-refractivity contribution in [2.75, 3.05) is 61.6 Å². The fourth-order valence-corrected chi connectivity index (χ4v) is 4.29. The van der Waals surface area contributed by atoms with Crippen molar-refractivity contribution in [1.82, 2.24) is 15.0 Å². The number of anilines is 3. The third kappa shape index (κ3) is 7.47. The number of rotatable bonds is 12. The molecule has 1 aliphatic heterocycles. The Bertz CT molecular complexity index is 1210. The Kier molecular flexibility index (Phi) is 9.18. The summed E-state index contributed by atoms with van der Waals surface area (Å²) in [6.07, 6.45) is 1.29. The van der Waals surface area contributed by atoms with Crippen molar-refractivity contribution in [2.24, 2.45) is 0 Å². The molecule has 1 saturated heterocycles. The van der Waals surface area contributed by atoms with Crippen molar-refractivity contribution in [1.29, 1.82) is 0 Å². The van der Waals surface area contributed by atoms with Crippen LogP contribution in [0.2, 0.25) is 0 Å². The zero-order valence-corrected chi connectivity index (χ0v) is 22.3. The van der Waals surface area contributed by atoms with Gasteiger partial charge in [-0.1, -0.05) is 24.3 Å². The molecule has 1 aromatic heterocycles. The second-order valence-electron chi connectivity index (χ2n) is 9.34. The van der Waals surface area contributed by atoms with Gasteiger partial charge in [-0.3, -0.25) is 4.79 Å². The number of benzene rings is 2. The number of hydrogen-bond donors (Lipinski definition) is 2. The molecule has 1 aliphatic rings. The maximum atomic E-state index is 10.7. The van der Waals surface area contributed by atoms with Gasteiger partial charge < -0.3 is 29.7 Å². The minimum Gasteiger partial charge on any atom is -0.493 e. The van der Waals surface area contributed by atoms with Crippen molar-refractivity contribution in [2.45, 2.75) is 33.1 Å². The molecule has 10 heteroatoms. The van der Waals surface area contributed by atoms with Gasteiger partial charge in [-0.15, -0.1) is 0 Å². The van der Waals surface area contributed by atoms with Crippen molar-refractivity contribution >= 4 is 23.6 Å². The highest BCUT2D eigenvalue weighted by Gasteiger charge is 2.22. The third-order valence-electron chi connectivity index (χ3n) is 6.43. The SMILES string of the molecule is CNc1nc(OCCCOc2ccc(CCC(=O)O)cc2)nc(N2CCN(c3cc(C)ccc3C)CC2)n1. The summed E-state index contributed by atoms with van der Waals surface area (Å²) in [6, 6.07) is 14.4. The molecule has 0 amide bonds. The molecule has 0 saturated carbocycles. The molecule has 202 valence electrons. The van der Waals surface area contributed by atoms with Gasteiger partial charge in [0.05, 0.1) is 13.2 Å². The van der Waals surface area contributed by atoms with Crippen LogP contribution in [-0.2, 0) is 11.2 Å². The first-order chi connectivity index (χ1) is 18.4. The Morgan fingerprint density at radius 1 is 0.947 bits per heavy atom. The summed E-state index contributed by atoms with van der Waals surface area (Å²) in [4.78, 5) is 28.8. The van der Waals surface area contributed by atoms with Crippen molar-refractivity contribution in [3.8, 4) is 11.8 Å². The van der Waals surface area contributed by atoms with E-state index in [1.807, 2.05) is 24.3 Å². The molecule has 2 aromatic carbocycles. The zero-order chi connectivity index (χ0) is 26.9. The van der Waals surface area contributed by atoms with Crippen molar-refractivity contribution in [3.05, 3.63) is 59.2 Å². The lowest BCUT2D eigenvalue weighted by Crippen LogP contribution is -2.47. The number of nitrogens with one attached hydrogen (secondary N) is 1. The van der Waals surface area contributed by atoms with Crippen LogP contribution in [0.25, 0.3) is 0 Å². The summed E-state index contributed by atoms with van der Waals surface area (Å²) in [5.41, 5.74) is 4.81. The minimum absolute atomic E-state index is 0.120. The van der Waals surface area contributed by atoms with E-state index in [0.29, 0.717) is 44.0 Å². The maximum Gasteiger partial charge on any atom is 0.323 e. The van der Waals surface area contributed by atoms with Crippen molar-refractivity contribution < 1.29 is 19.4 Å². The molecule has 4 rings (SSSR count). The smallest absolute Gasteiger partial charge is 0.323 e. The van der Waals surface area contributed by atoms with Gasteiger partial charge in [0.25, 0.3) is 0 Å². The van der Waals surface area contributed by atoms with E-state index in [4.69, 9.17) is 14.6 Å². The molecule has 2 heterocycles. The van der Waals surface area contributed by atoms with E-state index in [1.54, 1.807) is 7.05 Å². The van der Waals surface area contributed by atoms with Crippen LogP contribution >= 0.6 is 0 Å². The highest BCUT2D eigenvalue weighted by molar-refractivity contribution is 5.67. The van der Waals surface area contributed by atoms with Gasteiger partial charge >= 0.3 is 12.0 Å². The molecule has 2 N–H and O–H groups in total. The first-order valence-electron chi connectivity index (χ1n) is 13.0. The van der Waals surface area contributed by atoms with Gasteiger partial charge in [0.1, 0.15) is 5.75 Å². The van der Waals surface area contributed by atoms with E-state index in [0.717, 1.165) is 37.5 Å². The molecule has 1 fully saturated rings. The Morgan fingerprint density at radius 2 is 1.66 bits per heavy atom. The number of aliphatic carboxylic acids is 1. The molecule has 0 bridgehead atoms. The Morgan fingerprint density at radius 3 is 2.37 bits per heavy atom. The second-order valence-corrected chi connectivity index (χ2v) is 9.34. The van der Waals surface area contributed by atoms with Crippen LogP contribution in [-0.4, -0.2) is 72.5 Å². The van der Waals surface area contributed by atoms with E-state index in [9.17, 15) is 4.79 Å². The quantitative estimate of drug-likeness (QED) is 0.343. The predicted octanol–water partition coefficient (Wildman–Crippen LogP) is 3.72. The largest absolute Gasteiger partial charge is 0.493 e. The Labute approximate surface area is 223 Å². The van der Waals surface area contributed by atoms with Crippen LogP contribution in [0.4, 0.5) is 17.6 Å². The number of piperazine rings is 1. The first-order valence-corrected chi connectivity index (χ1v) is 13.0. The number of aromatic nitrogens is 3. The lowest BCUT2D eigenvalue weighted by atomic mass is 10.1. The zero-order valence-electron chi connectivity index (χ0n) is 22.3. The number of nitrogens with zero attached hydrogens (tertiary/aromatic N) is 5. The summed E-state index contributed by atoms with van der Waals surface area (Å²) in [5, 5.41) is 11.8. The fourth-order valence-electron chi connectivity index (χ4n) is 4.29. The highest BCUT2D eigenvalue weighted by atomic mass is 16.5. The number of aryl methyl sites for hydroxylation is 3. The van der Waals surface area contributed by atoms with E-state index in [2.05, 4.69) is 62.1 Å². The number of carbonyl (C=O) groups is 1. The Balaban J connectivity index is 1.26. The number of hydrogen-bond acceptors (Lipinski definition) is 9. The topological polar surface area (TPSA) is 113 Å². The average Bonchev–Trinajstić information content (AvgIpc) is 2.93. The summed E-state index contributed by atoms with van der Waals surface area (Å²) < 4.78 is 11.6. The van der Waals surface area contributed by atoms with Gasteiger partial charge in [0, 0.05) is 51.8 Å². The lowest BCUT2D eigenvalue weighted by Gasteiger charge is -2.37. The predicted molar refractivity (Wildman–Crippen MR) is 148 cm³/mol. The molecule has 0 aliphatic carbocycles. The van der Waals surface area contributed by atoms with Crippen LogP contribution in [0, 0.1) is 13.8 Å². The molecule has 0 radical (unpaired) electrons. The lowest BCUT2D eigenvalue weighted by molar-refractivity contribution is -0.136. The number of carboxylic acids is 1. The van der Waals surface area contributed by atoms with Crippen LogP contribution in [0.3, 0.4) is 0 Å². The van der Waals surface area contributed by atoms with E-state index < -0.39 is 5.97 Å². The van der Waals surface area contributed by atoms with Crippen LogP contribution in [0.15, 0.2) is 42.5 Å². The maximum absolute atomic E-state index is 10.7. The van der Waals surface area contributed by atoms with E-state index >= 15 is 0 Å². The van der Waals surface area contributed by atoms with Gasteiger partial charge in [0.2, 0.25) is 11.9 Å². The van der Waals surface area contributed by atoms with Gasteiger partial charge in [-0.05, 0) is 55.2 Å². The molecular weight excluding hydrogens is 484 g/mol. The summed E-state index contributed by atoms with van der Waals surface area (Å²) in [5.74, 6) is 1.03. The fraction of sp³-hybridized carbons (Fsp3) is 0.429. The van der Waals surface area contributed by atoms with E-state index in [-0.39, 0.29) is 6.42 Å². The number of ether oxygens (including phenoxy) is 2. The molecular formula is C28H36N6O4. The molecule has 10 nitrogen and oxygen atoms in total. The van der Waals surface area contributed by atoms with Gasteiger partial charge in [-0.2, -0.15) is 15.0 Å². The normalized spacial score (nSPS) is 13.3. The monoisotopic (exact) mass is 520 g/mol. The first kappa shape index (κ1) is 27.0. The van der Waals surface area contributed by atoms with Gasteiger partial charge in [0.15, 0.2) is 0 Å². The van der Waals surface area contributed by atoms with Crippen LogP contribution < -0.4 is 24.6 Å². The number of carboxylic acid groups (broad SMARTS) is 1. The Hall–Kier alpha value is -4.08. The van der Waals surface area contributed by atoms with Crippen LogP contribution in [0.1, 0.15) is 29.5 Å². The summed E-state index contributed by atoms with van der Waals surface area (Å²) in [7, 11) is 1.78. The molecule has 0 unspecified atom stereocenters. The summed E-state index contributed by atoms with van der Waals surface area (Å²) >= 11 is 0. The molecule has 0 atom stereocenters. The van der Waals surface area contributed by atoms with Gasteiger partial charge in [-0.25, -0.2) is 0 Å².